The summed E-state index contributed by atoms with van der Waals surface area (Å²) in [6.45, 7) is -1.13. The van der Waals surface area contributed by atoms with Gasteiger partial charge in [-0.3, -0.25) is 18.9 Å². The molecule has 2 aromatic rings. The zero-order valence-corrected chi connectivity index (χ0v) is 23.3. The van der Waals surface area contributed by atoms with Gasteiger partial charge in [-0.25, -0.2) is 18.9 Å². The van der Waals surface area contributed by atoms with Gasteiger partial charge in [-0.2, -0.15) is 13.1 Å². The Morgan fingerprint density at radius 3 is 2.49 bits per heavy atom. The van der Waals surface area contributed by atoms with Crippen molar-refractivity contribution in [3.8, 4) is 5.75 Å². The van der Waals surface area contributed by atoms with Crippen LogP contribution >= 0.6 is 11.3 Å². The molecular formula is C21H24N8O12S2. The summed E-state index contributed by atoms with van der Waals surface area (Å²) in [5.41, 5.74) is 2.04. The molecule has 20 nitrogen and oxygen atoms in total. The van der Waals surface area contributed by atoms with Crippen molar-refractivity contribution >= 4 is 56.3 Å². The van der Waals surface area contributed by atoms with Gasteiger partial charge in [0.25, 0.3) is 17.4 Å². The van der Waals surface area contributed by atoms with Crippen LogP contribution in [0.15, 0.2) is 27.5 Å². The van der Waals surface area contributed by atoms with Gasteiger partial charge in [-0.05, 0) is 6.42 Å². The number of carboxylic acid groups (broad SMARTS) is 1. The molecule has 1 aliphatic heterocycles. The Morgan fingerprint density at radius 2 is 1.93 bits per heavy atom. The molecule has 3 heterocycles. The number of pyridine rings is 1. The Balaban J connectivity index is 1.48. The molecule has 1 aliphatic carbocycles. The number of thiazole rings is 1. The third-order valence-corrected chi connectivity index (χ3v) is 8.14. The van der Waals surface area contributed by atoms with E-state index in [-0.39, 0.29) is 38.4 Å². The third-order valence-electron chi connectivity index (χ3n) is 6.52. The molecule has 2 fully saturated rings. The molecule has 9 N–H and O–H groups in total. The van der Waals surface area contributed by atoms with Gasteiger partial charge in [0.05, 0.1) is 18.3 Å². The lowest BCUT2D eigenvalue weighted by molar-refractivity contribution is -0.178. The van der Waals surface area contributed by atoms with E-state index in [2.05, 4.69) is 26.1 Å². The lowest BCUT2D eigenvalue weighted by Gasteiger charge is -2.44. The number of carbonyl (C=O) groups excluding carboxylic acids is 3. The third kappa shape index (κ3) is 6.44. The summed E-state index contributed by atoms with van der Waals surface area (Å²) in [6, 6.07) is -2.47. The molecule has 1 saturated heterocycles. The quantitative estimate of drug-likeness (QED) is 0.0414. The predicted octanol–water partition coefficient (Wildman–Crippen LogP) is -2.44. The summed E-state index contributed by atoms with van der Waals surface area (Å²) in [7, 11) is -5.14. The molecule has 0 spiro atoms. The number of β-lactam (4-membered cyclic amide) rings is 1. The number of nitrogens with one attached hydrogen (secondary N) is 3. The predicted molar refractivity (Wildman–Crippen MR) is 142 cm³/mol. The van der Waals surface area contributed by atoms with Crippen LogP contribution in [0.5, 0.6) is 5.75 Å². The molecule has 2 atom stereocenters. The van der Waals surface area contributed by atoms with Gasteiger partial charge in [0.1, 0.15) is 17.5 Å². The van der Waals surface area contributed by atoms with Crippen LogP contribution in [-0.4, -0.2) is 96.2 Å². The number of nitrogens with two attached hydrogens (primary N) is 1. The second-order valence-corrected chi connectivity index (χ2v) is 11.5. The van der Waals surface area contributed by atoms with Crippen molar-refractivity contribution in [3.63, 3.8) is 0 Å². The Kier molecular flexibility index (Phi) is 8.45. The van der Waals surface area contributed by atoms with Crippen molar-refractivity contribution < 1.29 is 52.4 Å². The number of oxime groups is 1. The summed E-state index contributed by atoms with van der Waals surface area (Å²) < 4.78 is 33.3. The Labute approximate surface area is 244 Å². The van der Waals surface area contributed by atoms with E-state index in [1.54, 1.807) is 0 Å². The zero-order valence-electron chi connectivity index (χ0n) is 21.7. The maximum atomic E-state index is 13.2. The molecule has 2 aliphatic rings. The summed E-state index contributed by atoms with van der Waals surface area (Å²) in [5, 5.41) is 40.4. The number of aromatic hydroxyl groups is 1. The monoisotopic (exact) mass is 644 g/mol. The normalized spacial score (nSPS) is 19.5. The van der Waals surface area contributed by atoms with Gasteiger partial charge in [0.15, 0.2) is 10.8 Å². The number of nitrogen functional groups attached to an aromatic ring is 1. The number of aromatic nitrogens is 2. The fraction of sp³-hybridized carbons (Fsp3) is 0.381. The van der Waals surface area contributed by atoms with Gasteiger partial charge in [-0.1, -0.05) is 5.16 Å². The van der Waals surface area contributed by atoms with E-state index < -0.39 is 81.9 Å². The van der Waals surface area contributed by atoms with E-state index in [0.717, 1.165) is 23.5 Å². The number of hydrogen-bond donors (Lipinski definition) is 8. The Morgan fingerprint density at radius 1 is 1.23 bits per heavy atom. The summed E-state index contributed by atoms with van der Waals surface area (Å²) >= 11 is 0.913. The first kappa shape index (κ1) is 31.0. The summed E-state index contributed by atoms with van der Waals surface area (Å²) in [6.07, 6.45) is 0.759. The highest BCUT2D eigenvalue weighted by Crippen LogP contribution is 2.36. The maximum absolute atomic E-state index is 13.2. The molecule has 0 unspecified atom stereocenters. The van der Waals surface area contributed by atoms with E-state index in [1.807, 2.05) is 0 Å². The minimum atomic E-state index is -5.14. The number of anilines is 1. The van der Waals surface area contributed by atoms with Crippen molar-refractivity contribution in [3.05, 3.63) is 39.3 Å². The second-order valence-electron chi connectivity index (χ2n) is 9.30. The van der Waals surface area contributed by atoms with Gasteiger partial charge in [0.2, 0.25) is 5.60 Å². The van der Waals surface area contributed by atoms with Gasteiger partial charge in [0, 0.05) is 36.9 Å². The molecule has 43 heavy (non-hydrogen) atoms. The first-order valence-corrected chi connectivity index (χ1v) is 14.4. The van der Waals surface area contributed by atoms with E-state index >= 15 is 0 Å². The van der Waals surface area contributed by atoms with Crippen LogP contribution in [0.2, 0.25) is 0 Å². The molecule has 2 aromatic heterocycles. The molecule has 0 bridgehead atoms. The molecule has 232 valence electrons. The zero-order chi connectivity index (χ0) is 31.7. The second kappa shape index (κ2) is 11.7. The number of carboxylic acids is 1. The highest BCUT2D eigenvalue weighted by Gasteiger charge is 2.54. The highest BCUT2D eigenvalue weighted by molar-refractivity contribution is 7.84. The number of amides is 4. The average Bonchev–Trinajstić information content (AvgIpc) is 3.31. The van der Waals surface area contributed by atoms with E-state index in [1.165, 1.54) is 5.38 Å². The molecule has 22 heteroatoms. The molecule has 4 rings (SSSR count). The number of aliphatic carboxylic acids is 1. The van der Waals surface area contributed by atoms with Crippen molar-refractivity contribution in [1.82, 2.24) is 30.0 Å². The van der Waals surface area contributed by atoms with Crippen LogP contribution in [0.4, 0.5) is 9.93 Å². The van der Waals surface area contributed by atoms with Crippen molar-refractivity contribution in [1.29, 1.82) is 0 Å². The Hall–Kier alpha value is -4.96. The number of urea groups is 1. The van der Waals surface area contributed by atoms with Crippen LogP contribution in [-0.2, 0) is 36.1 Å². The minimum Gasteiger partial charge on any atom is -0.508 e. The molecule has 0 aromatic carbocycles. The van der Waals surface area contributed by atoms with Crippen molar-refractivity contribution in [2.24, 2.45) is 5.16 Å². The molecule has 0 radical (unpaired) electrons. The largest absolute Gasteiger partial charge is 0.508 e. The Bertz CT molecular complexity index is 1670. The molecular weight excluding hydrogens is 620 g/mol. The minimum absolute atomic E-state index is 0.0147. The van der Waals surface area contributed by atoms with Crippen LogP contribution in [0.25, 0.3) is 0 Å². The van der Waals surface area contributed by atoms with Crippen molar-refractivity contribution in [2.75, 3.05) is 12.3 Å². The fourth-order valence-electron chi connectivity index (χ4n) is 4.11. The van der Waals surface area contributed by atoms with Crippen molar-refractivity contribution in [2.45, 2.75) is 43.5 Å². The van der Waals surface area contributed by atoms with Crippen LogP contribution in [0, 0.1) is 0 Å². The highest BCUT2D eigenvalue weighted by atomic mass is 32.2. The van der Waals surface area contributed by atoms with Crippen LogP contribution in [0.3, 0.4) is 0 Å². The van der Waals surface area contributed by atoms with Gasteiger partial charge >= 0.3 is 22.3 Å². The molecule has 1 saturated carbocycles. The number of rotatable bonds is 11. The lowest BCUT2D eigenvalue weighted by Crippen LogP contribution is -2.74. The van der Waals surface area contributed by atoms with Gasteiger partial charge in [-0.15, -0.1) is 11.3 Å². The standard InChI is InChI=1S/C21H24N8O12S2/c22-19-25-11(8-42-19)14(27-41-21(18(34)35)2-1-3-21)16(32)26-15-12(29(17(15)33)43(38,39)40)7-24-20(36)23-6-9-4-10(30)5-13(31)28(9)37/h4-5,8,12,15,30,37H,1-3,6-7H2,(H2,22,25)(H,26,32)(H,34,35)(H2,23,24,36)(H,38,39,40)/t12-,15-/m0/s1. The van der Waals surface area contributed by atoms with Gasteiger partial charge < -0.3 is 41.9 Å². The SMILES string of the molecule is Nc1nc(C(=NOC2(C(=O)O)CCC2)C(=O)N[C@@H]2C(=O)N(S(=O)(=O)O)[C@H]2CNC(=O)NCc2cc(O)cc(=O)n2O)cs1. The average molecular weight is 645 g/mol. The van der Waals surface area contributed by atoms with E-state index in [0.29, 0.717) is 6.42 Å². The summed E-state index contributed by atoms with van der Waals surface area (Å²) in [5.74, 6) is -4.21. The fourth-order valence-corrected chi connectivity index (χ4v) is 5.53. The lowest BCUT2D eigenvalue weighted by atomic mass is 9.80. The smallest absolute Gasteiger partial charge is 0.362 e. The first-order chi connectivity index (χ1) is 20.1. The molecule has 4 amide bonds. The van der Waals surface area contributed by atoms with Crippen LogP contribution < -0.4 is 27.2 Å². The number of hydrogen-bond acceptors (Lipinski definition) is 14. The van der Waals surface area contributed by atoms with E-state index in [9.17, 15) is 52.4 Å². The maximum Gasteiger partial charge on any atom is 0.362 e. The van der Waals surface area contributed by atoms with E-state index in [4.69, 9.17) is 10.6 Å². The topological polar surface area (TPSA) is 305 Å². The number of carbonyl (C=O) groups is 4. The van der Waals surface area contributed by atoms with Crippen LogP contribution in [0.1, 0.15) is 30.7 Å². The summed E-state index contributed by atoms with van der Waals surface area (Å²) in [4.78, 5) is 70.4. The first-order valence-electron chi connectivity index (χ1n) is 12.1. The number of nitrogens with zero attached hydrogens (tertiary/aromatic N) is 4.